The Bertz CT molecular complexity index is 782. The molecule has 1 amide bonds. The van der Waals surface area contributed by atoms with Gasteiger partial charge in [0.05, 0.1) is 12.7 Å². The molecular weight excluding hydrogens is 390 g/mol. The second kappa shape index (κ2) is 10.3. The molecule has 1 aliphatic rings. The first kappa shape index (κ1) is 24.8. The van der Waals surface area contributed by atoms with Crippen LogP contribution in [0.15, 0.2) is 18.2 Å². The topological polar surface area (TPSA) is 74.6 Å². The number of anilines is 1. The van der Waals surface area contributed by atoms with Gasteiger partial charge in [0.2, 0.25) is 0 Å². The zero-order valence-electron chi connectivity index (χ0n) is 20.2. The number of carbonyl (C=O) groups excluding carboxylic acids is 1. The number of carbonyl (C=O) groups is 1. The Hall–Kier alpha value is -2.42. The van der Waals surface area contributed by atoms with E-state index >= 15 is 0 Å². The van der Waals surface area contributed by atoms with E-state index in [0.29, 0.717) is 18.4 Å². The molecule has 1 aromatic carbocycles. The van der Waals surface area contributed by atoms with E-state index in [9.17, 15) is 10.1 Å². The number of piperidine rings is 1. The molecule has 0 radical (unpaired) electrons. The molecule has 1 fully saturated rings. The molecule has 1 aromatic rings. The molecular formula is C25H39N3O3. The fourth-order valence-corrected chi connectivity index (χ4v) is 3.66. The minimum absolute atomic E-state index is 0.211. The lowest BCUT2D eigenvalue weighted by Gasteiger charge is -2.33. The lowest BCUT2D eigenvalue weighted by molar-refractivity contribution is 0.0177. The van der Waals surface area contributed by atoms with Crippen molar-refractivity contribution in [1.82, 2.24) is 4.90 Å². The van der Waals surface area contributed by atoms with Crippen LogP contribution in [0.5, 0.6) is 5.75 Å². The number of rotatable bonds is 7. The van der Waals surface area contributed by atoms with Gasteiger partial charge in [0.1, 0.15) is 16.9 Å². The summed E-state index contributed by atoms with van der Waals surface area (Å²) in [4.78, 5) is 14.0. The summed E-state index contributed by atoms with van der Waals surface area (Å²) in [5.41, 5.74) is 0.992. The van der Waals surface area contributed by atoms with Gasteiger partial charge in [-0.05, 0) is 89.5 Å². The van der Waals surface area contributed by atoms with E-state index in [1.54, 1.807) is 0 Å². The second-order valence-electron chi connectivity index (χ2n) is 10.3. The molecule has 31 heavy (non-hydrogen) atoms. The quantitative estimate of drug-likeness (QED) is 0.580. The van der Waals surface area contributed by atoms with Crippen molar-refractivity contribution in [1.29, 1.82) is 5.26 Å². The Morgan fingerprint density at radius 2 is 1.87 bits per heavy atom. The van der Waals surface area contributed by atoms with Gasteiger partial charge in [-0.3, -0.25) is 0 Å². The summed E-state index contributed by atoms with van der Waals surface area (Å²) >= 11 is 0. The van der Waals surface area contributed by atoms with E-state index in [2.05, 4.69) is 31.3 Å². The van der Waals surface area contributed by atoms with Crippen LogP contribution in [0, 0.1) is 17.2 Å². The smallest absolute Gasteiger partial charge is 0.410 e. The highest BCUT2D eigenvalue weighted by Gasteiger charge is 2.27. The molecule has 6 nitrogen and oxygen atoms in total. The Kier molecular flexibility index (Phi) is 8.22. The van der Waals surface area contributed by atoms with Crippen molar-refractivity contribution in [2.45, 2.75) is 84.8 Å². The minimum atomic E-state index is -0.620. The highest BCUT2D eigenvalue weighted by atomic mass is 16.6. The van der Waals surface area contributed by atoms with Gasteiger partial charge < -0.3 is 19.7 Å². The minimum Gasteiger partial charge on any atom is -0.493 e. The number of likely N-dealkylation sites (tertiary alicyclic amines) is 1. The first-order valence-corrected chi connectivity index (χ1v) is 11.3. The van der Waals surface area contributed by atoms with Crippen molar-refractivity contribution >= 4 is 11.8 Å². The predicted octanol–water partition coefficient (Wildman–Crippen LogP) is 5.94. The molecule has 0 spiro atoms. The van der Waals surface area contributed by atoms with Crippen LogP contribution in [0.4, 0.5) is 10.5 Å². The van der Waals surface area contributed by atoms with Gasteiger partial charge >= 0.3 is 6.09 Å². The molecule has 0 aromatic heterocycles. The Balaban J connectivity index is 1.86. The first-order chi connectivity index (χ1) is 14.4. The van der Waals surface area contributed by atoms with E-state index < -0.39 is 11.1 Å². The van der Waals surface area contributed by atoms with Gasteiger partial charge in [0.25, 0.3) is 0 Å². The molecule has 1 N–H and O–H groups in total. The average Bonchev–Trinajstić information content (AvgIpc) is 2.67. The number of nitrogens with one attached hydrogen (secondary N) is 1. The zero-order valence-corrected chi connectivity index (χ0v) is 20.2. The fourth-order valence-electron chi connectivity index (χ4n) is 3.66. The SMILES string of the molecule is CC(C)c1cc(NC(C)(C)C#N)ccc1OCCC1CCN(C(=O)OC(C)(C)C)CC1. The summed E-state index contributed by atoms with van der Waals surface area (Å²) in [5.74, 6) is 1.78. The number of hydrogen-bond acceptors (Lipinski definition) is 5. The monoisotopic (exact) mass is 429 g/mol. The largest absolute Gasteiger partial charge is 0.493 e. The van der Waals surface area contributed by atoms with Crippen LogP contribution in [-0.2, 0) is 4.74 Å². The van der Waals surface area contributed by atoms with Crippen LogP contribution >= 0.6 is 0 Å². The molecule has 1 saturated heterocycles. The molecule has 1 aliphatic heterocycles. The van der Waals surface area contributed by atoms with Gasteiger partial charge in [-0.15, -0.1) is 0 Å². The molecule has 0 aliphatic carbocycles. The van der Waals surface area contributed by atoms with E-state index in [-0.39, 0.29) is 6.09 Å². The van der Waals surface area contributed by atoms with Crippen molar-refractivity contribution in [2.75, 3.05) is 25.0 Å². The van der Waals surface area contributed by atoms with Crippen molar-refractivity contribution in [2.24, 2.45) is 5.92 Å². The standard InChI is InChI=1S/C25H39N3O3/c1-18(2)21-16-20(27-25(6,7)17-26)8-9-22(21)30-15-12-19-10-13-28(14-11-19)23(29)31-24(3,4)5/h8-9,16,18-19,27H,10-15H2,1-7H3. The average molecular weight is 430 g/mol. The van der Waals surface area contributed by atoms with E-state index in [0.717, 1.165) is 49.4 Å². The third kappa shape index (κ3) is 7.97. The molecule has 2 rings (SSSR count). The molecule has 172 valence electrons. The van der Waals surface area contributed by atoms with Crippen molar-refractivity contribution in [3.05, 3.63) is 23.8 Å². The normalized spacial score (nSPS) is 15.5. The summed E-state index contributed by atoms with van der Waals surface area (Å²) in [6.45, 7) is 15.8. The Morgan fingerprint density at radius 1 is 1.23 bits per heavy atom. The molecule has 0 bridgehead atoms. The number of hydrogen-bond donors (Lipinski definition) is 1. The molecule has 0 unspecified atom stereocenters. The van der Waals surface area contributed by atoms with Crippen LogP contribution in [0.1, 0.15) is 79.2 Å². The van der Waals surface area contributed by atoms with E-state index in [4.69, 9.17) is 9.47 Å². The summed E-state index contributed by atoms with van der Waals surface area (Å²) in [5, 5.41) is 12.5. The molecule has 0 saturated carbocycles. The second-order valence-corrected chi connectivity index (χ2v) is 10.3. The first-order valence-electron chi connectivity index (χ1n) is 11.3. The van der Waals surface area contributed by atoms with Gasteiger partial charge in [0, 0.05) is 18.8 Å². The predicted molar refractivity (Wildman–Crippen MR) is 124 cm³/mol. The third-order valence-corrected chi connectivity index (χ3v) is 5.42. The summed E-state index contributed by atoms with van der Waals surface area (Å²) in [6.07, 6.45) is 2.72. The van der Waals surface area contributed by atoms with Crippen molar-refractivity contribution in [3.63, 3.8) is 0 Å². The van der Waals surface area contributed by atoms with Gasteiger partial charge in [0.15, 0.2) is 0 Å². The summed E-state index contributed by atoms with van der Waals surface area (Å²) in [6, 6.07) is 8.32. The lowest BCUT2D eigenvalue weighted by Crippen LogP contribution is -2.41. The van der Waals surface area contributed by atoms with Crippen LogP contribution in [0.25, 0.3) is 0 Å². The van der Waals surface area contributed by atoms with E-state index in [1.807, 2.05) is 51.7 Å². The fraction of sp³-hybridized carbons (Fsp3) is 0.680. The van der Waals surface area contributed by atoms with Crippen LogP contribution in [-0.4, -0.2) is 41.8 Å². The third-order valence-electron chi connectivity index (χ3n) is 5.42. The molecule has 0 atom stereocenters. The van der Waals surface area contributed by atoms with Gasteiger partial charge in [-0.1, -0.05) is 13.8 Å². The lowest BCUT2D eigenvalue weighted by atomic mass is 9.94. The maximum atomic E-state index is 12.2. The van der Waals surface area contributed by atoms with Crippen LogP contribution in [0.3, 0.4) is 0 Å². The van der Waals surface area contributed by atoms with Crippen molar-refractivity contribution in [3.8, 4) is 11.8 Å². The number of nitrogens with zero attached hydrogens (tertiary/aromatic N) is 2. The highest BCUT2D eigenvalue weighted by molar-refractivity contribution is 5.68. The number of benzene rings is 1. The van der Waals surface area contributed by atoms with Crippen molar-refractivity contribution < 1.29 is 14.3 Å². The highest BCUT2D eigenvalue weighted by Crippen LogP contribution is 2.31. The maximum absolute atomic E-state index is 12.2. The Labute approximate surface area is 187 Å². The number of nitriles is 1. The Morgan fingerprint density at radius 3 is 2.42 bits per heavy atom. The van der Waals surface area contributed by atoms with Crippen LogP contribution in [0.2, 0.25) is 0 Å². The summed E-state index contributed by atoms with van der Waals surface area (Å²) in [7, 11) is 0. The van der Waals surface area contributed by atoms with Crippen LogP contribution < -0.4 is 10.1 Å². The van der Waals surface area contributed by atoms with Gasteiger partial charge in [-0.2, -0.15) is 5.26 Å². The molecule has 6 heteroatoms. The number of ether oxygens (including phenoxy) is 2. The number of amides is 1. The maximum Gasteiger partial charge on any atom is 0.410 e. The van der Waals surface area contributed by atoms with Gasteiger partial charge in [-0.25, -0.2) is 4.79 Å². The summed E-state index contributed by atoms with van der Waals surface area (Å²) < 4.78 is 11.6. The van der Waals surface area contributed by atoms with E-state index in [1.165, 1.54) is 0 Å². The zero-order chi connectivity index (χ0) is 23.2. The molecule has 1 heterocycles.